The number of halogens is 3. The molecule has 0 heterocycles. The highest BCUT2D eigenvalue weighted by Gasteiger charge is 2.30. The Morgan fingerprint density at radius 1 is 1.27 bits per heavy atom. The maximum absolute atomic E-state index is 11.6. The van der Waals surface area contributed by atoms with E-state index in [-0.39, 0.29) is 6.42 Å². The summed E-state index contributed by atoms with van der Waals surface area (Å²) in [6, 6.07) is 0. The van der Waals surface area contributed by atoms with Crippen LogP contribution in [0.5, 0.6) is 0 Å². The molecule has 0 radical (unpaired) electrons. The second kappa shape index (κ2) is 3.40. The number of aliphatic hydroxyl groups excluding tert-OH is 1. The van der Waals surface area contributed by atoms with Crippen molar-refractivity contribution in [1.29, 1.82) is 0 Å². The van der Waals surface area contributed by atoms with Crippen molar-refractivity contribution in [3.8, 4) is 0 Å². The van der Waals surface area contributed by atoms with Crippen LogP contribution in [0.3, 0.4) is 0 Å². The smallest absolute Gasteiger partial charge is 0.389 e. The molecule has 0 spiro atoms. The van der Waals surface area contributed by atoms with E-state index in [0.29, 0.717) is 0 Å². The molecule has 5 heteroatoms. The van der Waals surface area contributed by atoms with E-state index in [1.165, 1.54) is 6.92 Å². The summed E-state index contributed by atoms with van der Waals surface area (Å²) >= 11 is 0. The van der Waals surface area contributed by atoms with Gasteiger partial charge in [-0.25, -0.2) is 0 Å². The van der Waals surface area contributed by atoms with Gasteiger partial charge in [-0.1, -0.05) is 0 Å². The maximum Gasteiger partial charge on any atom is 0.389 e. The van der Waals surface area contributed by atoms with Crippen molar-refractivity contribution in [2.75, 3.05) is 6.61 Å². The SMILES string of the molecule is CC(N)(CO)CCC(F)(F)F. The van der Waals surface area contributed by atoms with Crippen molar-refractivity contribution < 1.29 is 18.3 Å². The van der Waals surface area contributed by atoms with Crippen molar-refractivity contribution in [3.63, 3.8) is 0 Å². The standard InChI is InChI=1S/C6H12F3NO/c1-5(10,4-11)2-3-6(7,8)9/h11H,2-4,10H2,1H3. The molecule has 0 aliphatic rings. The first-order valence-electron chi connectivity index (χ1n) is 3.23. The van der Waals surface area contributed by atoms with Crippen molar-refractivity contribution in [2.24, 2.45) is 5.73 Å². The number of aliphatic hydroxyl groups is 1. The molecular formula is C6H12F3NO. The van der Waals surface area contributed by atoms with E-state index in [1.807, 2.05) is 0 Å². The molecule has 0 aliphatic heterocycles. The molecule has 0 amide bonds. The Labute approximate surface area is 63.2 Å². The molecule has 0 rings (SSSR count). The molecule has 0 fully saturated rings. The predicted molar refractivity (Wildman–Crippen MR) is 35.0 cm³/mol. The summed E-state index contributed by atoms with van der Waals surface area (Å²) in [6.07, 6.45) is -5.37. The van der Waals surface area contributed by atoms with E-state index in [0.717, 1.165) is 0 Å². The van der Waals surface area contributed by atoms with Crippen molar-refractivity contribution >= 4 is 0 Å². The van der Waals surface area contributed by atoms with Gasteiger partial charge >= 0.3 is 6.18 Å². The topological polar surface area (TPSA) is 46.2 Å². The van der Waals surface area contributed by atoms with Crippen molar-refractivity contribution in [2.45, 2.75) is 31.5 Å². The number of hydrogen-bond donors (Lipinski definition) is 2. The first-order chi connectivity index (χ1) is 4.77. The van der Waals surface area contributed by atoms with E-state index in [1.54, 1.807) is 0 Å². The summed E-state index contributed by atoms with van der Waals surface area (Å²) < 4.78 is 34.8. The second-order valence-electron chi connectivity index (χ2n) is 2.93. The molecular weight excluding hydrogens is 159 g/mol. The number of alkyl halides is 3. The molecule has 0 aromatic carbocycles. The highest BCUT2D eigenvalue weighted by Crippen LogP contribution is 2.24. The van der Waals surface area contributed by atoms with Crippen molar-refractivity contribution in [1.82, 2.24) is 0 Å². The Morgan fingerprint density at radius 2 is 1.73 bits per heavy atom. The summed E-state index contributed by atoms with van der Waals surface area (Å²) in [5.41, 5.74) is 4.16. The van der Waals surface area contributed by atoms with Gasteiger partial charge in [0.1, 0.15) is 0 Å². The van der Waals surface area contributed by atoms with Gasteiger partial charge in [-0.05, 0) is 13.3 Å². The van der Waals surface area contributed by atoms with Gasteiger partial charge in [0.2, 0.25) is 0 Å². The number of nitrogens with two attached hydrogens (primary N) is 1. The molecule has 2 nitrogen and oxygen atoms in total. The lowest BCUT2D eigenvalue weighted by Gasteiger charge is -2.21. The monoisotopic (exact) mass is 171 g/mol. The first-order valence-corrected chi connectivity index (χ1v) is 3.23. The third kappa shape index (κ3) is 6.12. The predicted octanol–water partition coefficient (Wildman–Crippen LogP) is 1.04. The van der Waals surface area contributed by atoms with Crippen LogP contribution >= 0.6 is 0 Å². The molecule has 1 unspecified atom stereocenters. The normalized spacial score (nSPS) is 18.0. The van der Waals surface area contributed by atoms with E-state index in [4.69, 9.17) is 10.8 Å². The van der Waals surface area contributed by atoms with E-state index in [2.05, 4.69) is 0 Å². The minimum atomic E-state index is -4.18. The third-order valence-electron chi connectivity index (χ3n) is 1.34. The second-order valence-corrected chi connectivity index (χ2v) is 2.93. The van der Waals surface area contributed by atoms with Crippen LogP contribution in [0.15, 0.2) is 0 Å². The molecule has 0 bridgehead atoms. The molecule has 0 saturated heterocycles. The number of rotatable bonds is 3. The van der Waals surface area contributed by atoms with Crippen LogP contribution < -0.4 is 5.73 Å². The molecule has 0 aliphatic carbocycles. The molecule has 0 aromatic heterocycles. The van der Waals surface area contributed by atoms with Gasteiger partial charge in [0.15, 0.2) is 0 Å². The summed E-state index contributed by atoms with van der Waals surface area (Å²) in [5.74, 6) is 0. The fraction of sp³-hybridized carbons (Fsp3) is 1.00. The van der Waals surface area contributed by atoms with Crippen LogP contribution in [0, 0.1) is 0 Å². The van der Waals surface area contributed by atoms with Crippen LogP contribution in [0.2, 0.25) is 0 Å². The lowest BCUT2D eigenvalue weighted by Crippen LogP contribution is -2.41. The Balaban J connectivity index is 3.70. The average molecular weight is 171 g/mol. The molecule has 0 saturated carbocycles. The van der Waals surface area contributed by atoms with Gasteiger partial charge in [0, 0.05) is 12.0 Å². The fourth-order valence-corrected chi connectivity index (χ4v) is 0.506. The highest BCUT2D eigenvalue weighted by atomic mass is 19.4. The van der Waals surface area contributed by atoms with Crippen LogP contribution in [0.4, 0.5) is 13.2 Å². The van der Waals surface area contributed by atoms with Gasteiger partial charge in [0.25, 0.3) is 0 Å². The zero-order chi connectivity index (χ0) is 9.12. The van der Waals surface area contributed by atoms with Crippen LogP contribution in [0.25, 0.3) is 0 Å². The number of hydrogen-bond acceptors (Lipinski definition) is 2. The summed E-state index contributed by atoms with van der Waals surface area (Å²) in [5, 5.41) is 8.50. The minimum Gasteiger partial charge on any atom is -0.394 e. The van der Waals surface area contributed by atoms with E-state index >= 15 is 0 Å². The lowest BCUT2D eigenvalue weighted by atomic mass is 9.98. The zero-order valence-corrected chi connectivity index (χ0v) is 6.28. The van der Waals surface area contributed by atoms with Gasteiger partial charge in [-0.2, -0.15) is 13.2 Å². The van der Waals surface area contributed by atoms with Crippen LogP contribution in [-0.4, -0.2) is 23.4 Å². The largest absolute Gasteiger partial charge is 0.394 e. The zero-order valence-electron chi connectivity index (χ0n) is 6.28. The summed E-state index contributed by atoms with van der Waals surface area (Å²) in [4.78, 5) is 0. The minimum absolute atomic E-state index is 0.243. The van der Waals surface area contributed by atoms with Crippen LogP contribution in [0.1, 0.15) is 19.8 Å². The molecule has 1 atom stereocenters. The van der Waals surface area contributed by atoms with Crippen LogP contribution in [-0.2, 0) is 0 Å². The molecule has 68 valence electrons. The Bertz CT molecular complexity index is 121. The first kappa shape index (κ1) is 10.7. The Hall–Kier alpha value is -0.290. The van der Waals surface area contributed by atoms with Gasteiger partial charge < -0.3 is 10.8 Å². The maximum atomic E-state index is 11.6. The highest BCUT2D eigenvalue weighted by molar-refractivity contribution is 4.78. The van der Waals surface area contributed by atoms with Gasteiger partial charge in [-0.15, -0.1) is 0 Å². The Morgan fingerprint density at radius 3 is 2.00 bits per heavy atom. The third-order valence-corrected chi connectivity index (χ3v) is 1.34. The Kier molecular flexibility index (Phi) is 3.31. The molecule has 3 N–H and O–H groups in total. The molecule has 0 aromatic rings. The fourth-order valence-electron chi connectivity index (χ4n) is 0.506. The van der Waals surface area contributed by atoms with Crippen molar-refractivity contribution in [3.05, 3.63) is 0 Å². The van der Waals surface area contributed by atoms with E-state index < -0.39 is 24.7 Å². The summed E-state index contributed by atoms with van der Waals surface area (Å²) in [7, 11) is 0. The van der Waals surface area contributed by atoms with Gasteiger partial charge in [0.05, 0.1) is 6.61 Å². The average Bonchev–Trinajstić information content (AvgIpc) is 1.83. The lowest BCUT2D eigenvalue weighted by molar-refractivity contribution is -0.138. The van der Waals surface area contributed by atoms with Gasteiger partial charge in [-0.3, -0.25) is 0 Å². The molecule has 11 heavy (non-hydrogen) atoms. The summed E-state index contributed by atoms with van der Waals surface area (Å²) in [6.45, 7) is 0.960. The quantitative estimate of drug-likeness (QED) is 0.666. The van der Waals surface area contributed by atoms with E-state index in [9.17, 15) is 13.2 Å².